The highest BCUT2D eigenvalue weighted by atomic mass is 79.9. The van der Waals surface area contributed by atoms with Crippen LogP contribution in [-0.2, 0) is 21.3 Å². The molecule has 0 saturated carbocycles. The van der Waals surface area contributed by atoms with Gasteiger partial charge in [0.15, 0.2) is 5.82 Å². The predicted molar refractivity (Wildman–Crippen MR) is 67.1 cm³/mol. The van der Waals surface area contributed by atoms with Crippen molar-refractivity contribution in [3.8, 4) is 0 Å². The van der Waals surface area contributed by atoms with Crippen molar-refractivity contribution in [3.63, 3.8) is 0 Å². The molecule has 6 heteroatoms. The normalized spacial score (nSPS) is 20.7. The molecule has 17 heavy (non-hydrogen) atoms. The summed E-state index contributed by atoms with van der Waals surface area (Å²) in [4.78, 5) is 0. The van der Waals surface area contributed by atoms with E-state index in [0.717, 1.165) is 37.6 Å². The molecular formula is C11H18BrN3O2. The van der Waals surface area contributed by atoms with E-state index in [0.29, 0.717) is 11.9 Å². The van der Waals surface area contributed by atoms with Crippen LogP contribution in [0.4, 0.5) is 0 Å². The third-order valence-corrected chi connectivity index (χ3v) is 3.46. The molecule has 1 unspecified atom stereocenters. The van der Waals surface area contributed by atoms with Gasteiger partial charge in [-0.25, -0.2) is 0 Å². The fraction of sp³-hybridized carbons (Fsp3) is 0.818. The predicted octanol–water partition coefficient (Wildman–Crippen LogP) is 2.06. The number of methoxy groups -OCH3 is 1. The van der Waals surface area contributed by atoms with Gasteiger partial charge in [0.05, 0.1) is 11.9 Å². The lowest BCUT2D eigenvalue weighted by molar-refractivity contribution is 0.00644. The van der Waals surface area contributed by atoms with Crippen LogP contribution in [0.1, 0.15) is 37.0 Å². The van der Waals surface area contributed by atoms with Crippen molar-refractivity contribution in [1.29, 1.82) is 0 Å². The van der Waals surface area contributed by atoms with Gasteiger partial charge in [-0.2, -0.15) is 0 Å². The third kappa shape index (κ3) is 3.05. The molecule has 1 aliphatic heterocycles. The maximum Gasteiger partial charge on any atom is 0.162 e. The molecule has 0 amide bonds. The fourth-order valence-corrected chi connectivity index (χ4v) is 2.47. The minimum Gasteiger partial charge on any atom is -0.383 e. The van der Waals surface area contributed by atoms with Gasteiger partial charge < -0.3 is 14.0 Å². The molecule has 0 N–H and O–H groups in total. The standard InChI is InChI=1S/C11H18BrN3O2/c1-16-7-5-15-10(8-12)13-14-11(15)9-4-2-3-6-17-9/h9H,2-8H2,1H3. The number of rotatable bonds is 5. The van der Waals surface area contributed by atoms with Crippen molar-refractivity contribution >= 4 is 15.9 Å². The highest BCUT2D eigenvalue weighted by Crippen LogP contribution is 2.27. The van der Waals surface area contributed by atoms with Crippen LogP contribution in [0.15, 0.2) is 0 Å². The maximum atomic E-state index is 5.76. The molecule has 2 rings (SSSR count). The lowest BCUT2D eigenvalue weighted by Gasteiger charge is -2.22. The van der Waals surface area contributed by atoms with Crippen LogP contribution < -0.4 is 0 Å². The molecule has 0 aliphatic carbocycles. The first-order valence-corrected chi connectivity index (χ1v) is 7.07. The van der Waals surface area contributed by atoms with Gasteiger partial charge in [0, 0.05) is 20.3 Å². The molecule has 1 aromatic rings. The molecule has 0 spiro atoms. The van der Waals surface area contributed by atoms with E-state index in [4.69, 9.17) is 9.47 Å². The van der Waals surface area contributed by atoms with E-state index >= 15 is 0 Å². The monoisotopic (exact) mass is 303 g/mol. The van der Waals surface area contributed by atoms with E-state index < -0.39 is 0 Å². The van der Waals surface area contributed by atoms with Crippen LogP contribution in [-0.4, -0.2) is 35.1 Å². The van der Waals surface area contributed by atoms with E-state index in [9.17, 15) is 0 Å². The Labute approximate surface area is 110 Å². The Morgan fingerprint density at radius 1 is 1.47 bits per heavy atom. The van der Waals surface area contributed by atoms with Gasteiger partial charge in [0.2, 0.25) is 0 Å². The van der Waals surface area contributed by atoms with E-state index in [1.807, 2.05) is 0 Å². The maximum absolute atomic E-state index is 5.76. The second kappa shape index (κ2) is 6.47. The molecule has 0 bridgehead atoms. The van der Waals surface area contributed by atoms with Gasteiger partial charge in [0.1, 0.15) is 11.9 Å². The Balaban J connectivity index is 2.16. The molecule has 96 valence electrons. The largest absolute Gasteiger partial charge is 0.383 e. The summed E-state index contributed by atoms with van der Waals surface area (Å²) in [7, 11) is 1.70. The van der Waals surface area contributed by atoms with Crippen LogP contribution >= 0.6 is 15.9 Å². The van der Waals surface area contributed by atoms with Gasteiger partial charge in [-0.3, -0.25) is 0 Å². The Kier molecular flexibility index (Phi) is 4.94. The molecule has 1 aromatic heterocycles. The number of hydrogen-bond donors (Lipinski definition) is 0. The van der Waals surface area contributed by atoms with Crippen molar-refractivity contribution in [3.05, 3.63) is 11.6 Å². The van der Waals surface area contributed by atoms with Gasteiger partial charge in [-0.1, -0.05) is 15.9 Å². The van der Waals surface area contributed by atoms with E-state index in [1.165, 1.54) is 6.42 Å². The molecular weight excluding hydrogens is 286 g/mol. The average molecular weight is 304 g/mol. The Hall–Kier alpha value is -0.460. The zero-order valence-electron chi connectivity index (χ0n) is 10.1. The van der Waals surface area contributed by atoms with Crippen LogP contribution in [0.25, 0.3) is 0 Å². The number of hydrogen-bond acceptors (Lipinski definition) is 4. The summed E-state index contributed by atoms with van der Waals surface area (Å²) in [5.74, 6) is 1.88. The number of halogens is 1. The number of aromatic nitrogens is 3. The summed E-state index contributed by atoms with van der Waals surface area (Å²) in [6.45, 7) is 2.27. The first-order chi connectivity index (χ1) is 8.36. The summed E-state index contributed by atoms with van der Waals surface area (Å²) in [5.41, 5.74) is 0. The second-order valence-corrected chi connectivity index (χ2v) is 4.67. The zero-order chi connectivity index (χ0) is 12.1. The van der Waals surface area contributed by atoms with E-state index in [-0.39, 0.29) is 6.10 Å². The Morgan fingerprint density at radius 2 is 2.35 bits per heavy atom. The van der Waals surface area contributed by atoms with Gasteiger partial charge in [-0.15, -0.1) is 10.2 Å². The molecule has 1 fully saturated rings. The van der Waals surface area contributed by atoms with Crippen molar-refractivity contribution in [2.75, 3.05) is 20.3 Å². The van der Waals surface area contributed by atoms with Crippen molar-refractivity contribution in [2.45, 2.75) is 37.2 Å². The van der Waals surface area contributed by atoms with Crippen LogP contribution in [0.2, 0.25) is 0 Å². The van der Waals surface area contributed by atoms with Gasteiger partial charge in [0.25, 0.3) is 0 Å². The first kappa shape index (κ1) is 13.0. The SMILES string of the molecule is COCCn1c(CBr)nnc1C1CCCCO1. The first-order valence-electron chi connectivity index (χ1n) is 5.95. The minimum atomic E-state index is 0.0981. The smallest absolute Gasteiger partial charge is 0.162 e. The molecule has 2 heterocycles. The molecule has 1 aliphatic rings. The summed E-state index contributed by atoms with van der Waals surface area (Å²) in [6.07, 6.45) is 3.48. The molecule has 1 saturated heterocycles. The van der Waals surface area contributed by atoms with Gasteiger partial charge in [-0.05, 0) is 19.3 Å². The summed E-state index contributed by atoms with van der Waals surface area (Å²) < 4.78 is 13.0. The second-order valence-electron chi connectivity index (χ2n) is 4.11. The van der Waals surface area contributed by atoms with Crippen LogP contribution in [0.5, 0.6) is 0 Å². The third-order valence-electron chi connectivity index (χ3n) is 2.96. The minimum absolute atomic E-state index is 0.0981. The van der Waals surface area contributed by atoms with Crippen molar-refractivity contribution in [1.82, 2.24) is 14.8 Å². The Bertz CT molecular complexity index is 350. The van der Waals surface area contributed by atoms with E-state index in [1.54, 1.807) is 7.11 Å². The summed E-state index contributed by atoms with van der Waals surface area (Å²) in [6, 6.07) is 0. The number of alkyl halides is 1. The number of nitrogens with zero attached hydrogens (tertiary/aromatic N) is 3. The van der Waals surface area contributed by atoms with Gasteiger partial charge >= 0.3 is 0 Å². The summed E-state index contributed by atoms with van der Waals surface area (Å²) >= 11 is 3.43. The highest BCUT2D eigenvalue weighted by molar-refractivity contribution is 9.08. The van der Waals surface area contributed by atoms with E-state index in [2.05, 4.69) is 30.7 Å². The molecule has 0 radical (unpaired) electrons. The number of ether oxygens (including phenoxy) is 2. The molecule has 5 nitrogen and oxygen atoms in total. The summed E-state index contributed by atoms with van der Waals surface area (Å²) in [5, 5.41) is 9.16. The van der Waals surface area contributed by atoms with Crippen molar-refractivity contribution in [2.24, 2.45) is 0 Å². The lowest BCUT2D eigenvalue weighted by atomic mass is 10.1. The average Bonchev–Trinajstić information content (AvgIpc) is 2.80. The molecule has 1 atom stereocenters. The highest BCUT2D eigenvalue weighted by Gasteiger charge is 2.23. The van der Waals surface area contributed by atoms with Crippen molar-refractivity contribution < 1.29 is 9.47 Å². The van der Waals surface area contributed by atoms with Crippen LogP contribution in [0.3, 0.4) is 0 Å². The molecule has 0 aromatic carbocycles. The topological polar surface area (TPSA) is 49.2 Å². The fourth-order valence-electron chi connectivity index (χ4n) is 2.06. The quantitative estimate of drug-likeness (QED) is 0.781. The van der Waals surface area contributed by atoms with Crippen LogP contribution in [0, 0.1) is 0 Å². The zero-order valence-corrected chi connectivity index (χ0v) is 11.6. The Morgan fingerprint density at radius 3 is 3.00 bits per heavy atom. The lowest BCUT2D eigenvalue weighted by Crippen LogP contribution is -2.19.